The van der Waals surface area contributed by atoms with Gasteiger partial charge >= 0.3 is 0 Å². The molecule has 2 saturated heterocycles. The Morgan fingerprint density at radius 3 is 2.73 bits per heavy atom. The van der Waals surface area contributed by atoms with E-state index in [1.807, 2.05) is 11.4 Å². The Kier molecular flexibility index (Phi) is 2.33. The van der Waals surface area contributed by atoms with E-state index in [1.165, 1.54) is 17.7 Å². The summed E-state index contributed by atoms with van der Waals surface area (Å²) in [5.41, 5.74) is -0.943. The van der Waals surface area contributed by atoms with Crippen LogP contribution in [0.25, 0.3) is 0 Å². The van der Waals surface area contributed by atoms with Crippen molar-refractivity contribution in [3.63, 3.8) is 0 Å². The minimum absolute atomic E-state index is 0.439. The quantitative estimate of drug-likeness (QED) is 0.816. The topological polar surface area (TPSA) is 12.0 Å². The van der Waals surface area contributed by atoms with Crippen LogP contribution < -0.4 is 5.32 Å². The van der Waals surface area contributed by atoms with Crippen LogP contribution in [-0.4, -0.2) is 17.8 Å². The largest absolute Gasteiger partial charge is 0.311 e. The lowest BCUT2D eigenvalue weighted by Gasteiger charge is -2.34. The number of piperidine rings is 1. The van der Waals surface area contributed by atoms with E-state index >= 15 is 0 Å². The molecule has 0 spiro atoms. The molecule has 2 fully saturated rings. The fraction of sp³-hybridized carbons (Fsp3) is 0.667. The molecule has 0 aromatic carbocycles. The number of alkyl halides is 1. The second-order valence-corrected chi connectivity index (χ2v) is 5.99. The van der Waals surface area contributed by atoms with E-state index in [9.17, 15) is 4.39 Å². The molecule has 2 atom stereocenters. The fourth-order valence-corrected chi connectivity index (χ4v) is 3.89. The van der Waals surface area contributed by atoms with E-state index in [2.05, 4.69) is 11.4 Å². The lowest BCUT2D eigenvalue weighted by Crippen LogP contribution is -2.47. The number of thiophene rings is 1. The number of hydrogen-bond acceptors (Lipinski definition) is 2. The van der Waals surface area contributed by atoms with E-state index in [4.69, 9.17) is 0 Å². The fourth-order valence-electron chi connectivity index (χ4n) is 3.06. The van der Waals surface area contributed by atoms with Crippen LogP contribution in [0.2, 0.25) is 0 Å². The first-order valence-corrected chi connectivity index (χ1v) is 6.59. The van der Waals surface area contributed by atoms with Crippen LogP contribution in [-0.2, 0) is 6.42 Å². The van der Waals surface area contributed by atoms with Gasteiger partial charge in [0, 0.05) is 23.4 Å². The van der Waals surface area contributed by atoms with Crippen LogP contribution in [0.5, 0.6) is 0 Å². The molecule has 1 aromatic rings. The summed E-state index contributed by atoms with van der Waals surface area (Å²) in [6, 6.07) is 4.94. The molecule has 2 aliphatic heterocycles. The summed E-state index contributed by atoms with van der Waals surface area (Å²) in [5.74, 6) is 0. The van der Waals surface area contributed by atoms with Crippen molar-refractivity contribution < 1.29 is 4.39 Å². The Bertz CT molecular complexity index is 323. The third-order valence-electron chi connectivity index (χ3n) is 3.63. The maximum absolute atomic E-state index is 14.6. The van der Waals surface area contributed by atoms with E-state index in [0.29, 0.717) is 31.3 Å². The number of hydrogen-bond donors (Lipinski definition) is 1. The van der Waals surface area contributed by atoms with Gasteiger partial charge in [0.15, 0.2) is 0 Å². The molecule has 0 amide bonds. The van der Waals surface area contributed by atoms with Crippen molar-refractivity contribution in [1.82, 2.24) is 5.32 Å². The van der Waals surface area contributed by atoms with Crippen molar-refractivity contribution in [3.05, 3.63) is 22.4 Å². The number of fused-ring (bicyclic) bond motifs is 2. The van der Waals surface area contributed by atoms with Gasteiger partial charge in [0.1, 0.15) is 5.67 Å². The molecule has 82 valence electrons. The molecule has 2 bridgehead atoms. The van der Waals surface area contributed by atoms with Crippen LogP contribution >= 0.6 is 11.3 Å². The average molecular weight is 225 g/mol. The van der Waals surface area contributed by atoms with Crippen LogP contribution in [0, 0.1) is 0 Å². The minimum atomic E-state index is -0.943. The normalized spacial score (nSPS) is 39.5. The minimum Gasteiger partial charge on any atom is -0.311 e. The van der Waals surface area contributed by atoms with Gasteiger partial charge in [0.25, 0.3) is 0 Å². The Hall–Kier alpha value is -0.410. The number of rotatable bonds is 2. The Morgan fingerprint density at radius 1 is 1.40 bits per heavy atom. The highest BCUT2D eigenvalue weighted by atomic mass is 32.1. The maximum Gasteiger partial charge on any atom is 0.118 e. The summed E-state index contributed by atoms with van der Waals surface area (Å²) in [6.45, 7) is 0. The van der Waals surface area contributed by atoms with Crippen molar-refractivity contribution in [1.29, 1.82) is 0 Å². The molecule has 0 radical (unpaired) electrons. The van der Waals surface area contributed by atoms with Gasteiger partial charge in [-0.3, -0.25) is 0 Å². The number of nitrogens with one attached hydrogen (secondary N) is 1. The molecule has 3 heterocycles. The molecule has 3 rings (SSSR count). The maximum atomic E-state index is 14.6. The molecule has 3 heteroatoms. The van der Waals surface area contributed by atoms with E-state index in [1.54, 1.807) is 11.3 Å². The van der Waals surface area contributed by atoms with Gasteiger partial charge < -0.3 is 5.32 Å². The molecule has 0 saturated carbocycles. The second kappa shape index (κ2) is 3.56. The Labute approximate surface area is 93.7 Å². The standard InChI is InChI=1S/C12H16FNS/c13-12(8-11-2-1-5-15-11)6-9-3-4-10(7-12)14-9/h1-2,5,9-10,14H,3-4,6-8H2. The van der Waals surface area contributed by atoms with Crippen LogP contribution in [0.15, 0.2) is 17.5 Å². The number of halogens is 1. The first kappa shape index (κ1) is 9.79. The van der Waals surface area contributed by atoms with Crippen LogP contribution in [0.3, 0.4) is 0 Å². The summed E-state index contributed by atoms with van der Waals surface area (Å²) in [5, 5.41) is 5.52. The van der Waals surface area contributed by atoms with Crippen molar-refractivity contribution in [3.8, 4) is 0 Å². The Morgan fingerprint density at radius 2 is 2.13 bits per heavy atom. The average Bonchev–Trinajstić information content (AvgIpc) is 2.76. The Balaban J connectivity index is 1.74. The zero-order valence-electron chi connectivity index (χ0n) is 8.71. The smallest absolute Gasteiger partial charge is 0.118 e. The third kappa shape index (κ3) is 1.95. The molecular formula is C12H16FNS. The van der Waals surface area contributed by atoms with Gasteiger partial charge in [-0.15, -0.1) is 11.3 Å². The molecule has 1 nitrogen and oxygen atoms in total. The van der Waals surface area contributed by atoms with Gasteiger partial charge in [-0.1, -0.05) is 6.07 Å². The summed E-state index contributed by atoms with van der Waals surface area (Å²) in [7, 11) is 0. The van der Waals surface area contributed by atoms with Crippen LogP contribution in [0.4, 0.5) is 4.39 Å². The van der Waals surface area contributed by atoms with Gasteiger partial charge in [-0.2, -0.15) is 0 Å². The van der Waals surface area contributed by atoms with Gasteiger partial charge in [0.2, 0.25) is 0 Å². The van der Waals surface area contributed by atoms with Gasteiger partial charge in [-0.25, -0.2) is 4.39 Å². The molecular weight excluding hydrogens is 209 g/mol. The van der Waals surface area contributed by atoms with E-state index < -0.39 is 5.67 Å². The predicted octanol–water partition coefficient (Wildman–Crippen LogP) is 2.91. The highest BCUT2D eigenvalue weighted by Gasteiger charge is 2.43. The second-order valence-electron chi connectivity index (χ2n) is 4.95. The van der Waals surface area contributed by atoms with E-state index in [0.717, 1.165) is 0 Å². The summed E-state index contributed by atoms with van der Waals surface area (Å²) in [4.78, 5) is 1.19. The third-order valence-corrected chi connectivity index (χ3v) is 4.51. The van der Waals surface area contributed by atoms with Crippen molar-refractivity contribution in [2.24, 2.45) is 0 Å². The van der Waals surface area contributed by atoms with E-state index in [-0.39, 0.29) is 0 Å². The molecule has 0 aliphatic carbocycles. The first-order valence-electron chi connectivity index (χ1n) is 5.71. The SMILES string of the molecule is FC1(Cc2cccs2)CC2CCC(C1)N2. The molecule has 1 N–H and O–H groups in total. The van der Waals surface area contributed by atoms with Crippen LogP contribution in [0.1, 0.15) is 30.6 Å². The molecule has 15 heavy (non-hydrogen) atoms. The first-order chi connectivity index (χ1) is 7.23. The monoisotopic (exact) mass is 225 g/mol. The summed E-state index contributed by atoms with van der Waals surface area (Å²) in [6.07, 6.45) is 4.38. The molecule has 1 aromatic heterocycles. The van der Waals surface area contributed by atoms with Gasteiger partial charge in [-0.05, 0) is 37.1 Å². The zero-order chi connectivity index (χ0) is 10.3. The van der Waals surface area contributed by atoms with Gasteiger partial charge in [0.05, 0.1) is 0 Å². The lowest BCUT2D eigenvalue weighted by atomic mass is 9.86. The van der Waals surface area contributed by atoms with Crippen molar-refractivity contribution >= 4 is 11.3 Å². The van der Waals surface area contributed by atoms with Crippen molar-refractivity contribution in [2.75, 3.05) is 0 Å². The molecule has 2 aliphatic rings. The zero-order valence-corrected chi connectivity index (χ0v) is 9.52. The highest BCUT2D eigenvalue weighted by molar-refractivity contribution is 7.09. The molecule has 2 unspecified atom stereocenters. The highest BCUT2D eigenvalue weighted by Crippen LogP contribution is 2.39. The predicted molar refractivity (Wildman–Crippen MR) is 61.0 cm³/mol. The summed E-state index contributed by atoms with van der Waals surface area (Å²) < 4.78 is 14.6. The summed E-state index contributed by atoms with van der Waals surface area (Å²) >= 11 is 1.68. The van der Waals surface area contributed by atoms with Crippen molar-refractivity contribution in [2.45, 2.75) is 49.9 Å². The lowest BCUT2D eigenvalue weighted by molar-refractivity contribution is 0.0902.